The number of piperidine rings is 1. The minimum Gasteiger partial charge on any atom is -0.353 e. The molecule has 2 atom stereocenters. The monoisotopic (exact) mass is 365 g/mol. The minimum atomic E-state index is -0.538. The SMILES string of the molecule is CC1CCN(C(CNC(=O)C(C)NC(=O)c2cccs2)C(C)C)CC1. The Bertz CT molecular complexity index is 551. The summed E-state index contributed by atoms with van der Waals surface area (Å²) in [5.41, 5.74) is 0. The highest BCUT2D eigenvalue weighted by atomic mass is 32.1. The van der Waals surface area contributed by atoms with Gasteiger partial charge in [-0.1, -0.05) is 26.8 Å². The molecule has 0 aromatic carbocycles. The number of thiophene rings is 1. The predicted molar refractivity (Wildman–Crippen MR) is 103 cm³/mol. The smallest absolute Gasteiger partial charge is 0.261 e. The summed E-state index contributed by atoms with van der Waals surface area (Å²) in [5.74, 6) is 0.958. The maximum absolute atomic E-state index is 12.4. The van der Waals surface area contributed by atoms with Crippen molar-refractivity contribution in [2.24, 2.45) is 11.8 Å². The van der Waals surface area contributed by atoms with E-state index in [1.54, 1.807) is 13.0 Å². The average molecular weight is 366 g/mol. The minimum absolute atomic E-state index is 0.124. The Morgan fingerprint density at radius 1 is 1.28 bits per heavy atom. The first-order chi connectivity index (χ1) is 11.9. The van der Waals surface area contributed by atoms with Gasteiger partial charge in [0.2, 0.25) is 5.91 Å². The average Bonchev–Trinajstić information content (AvgIpc) is 3.10. The van der Waals surface area contributed by atoms with Crippen LogP contribution in [0.5, 0.6) is 0 Å². The molecule has 25 heavy (non-hydrogen) atoms. The van der Waals surface area contributed by atoms with Crippen LogP contribution in [0, 0.1) is 11.8 Å². The van der Waals surface area contributed by atoms with Gasteiger partial charge in [0.25, 0.3) is 5.91 Å². The molecule has 1 aliphatic rings. The molecule has 2 N–H and O–H groups in total. The predicted octanol–water partition coefficient (Wildman–Crippen LogP) is 2.74. The van der Waals surface area contributed by atoms with Gasteiger partial charge in [0.05, 0.1) is 4.88 Å². The molecule has 0 radical (unpaired) electrons. The van der Waals surface area contributed by atoms with Crippen LogP contribution >= 0.6 is 11.3 Å². The zero-order valence-electron chi connectivity index (χ0n) is 15.7. The van der Waals surface area contributed by atoms with Crippen LogP contribution in [0.3, 0.4) is 0 Å². The lowest BCUT2D eigenvalue weighted by Crippen LogP contribution is -2.52. The maximum Gasteiger partial charge on any atom is 0.261 e. The standard InChI is InChI=1S/C19H31N3O2S/c1-13(2)16(22-9-7-14(3)8-10-22)12-20-18(23)15(4)21-19(24)17-6-5-11-25-17/h5-6,11,13-16H,7-10,12H2,1-4H3,(H,20,23)(H,21,24). The van der Waals surface area contributed by atoms with Crippen molar-refractivity contribution in [2.75, 3.05) is 19.6 Å². The van der Waals surface area contributed by atoms with Gasteiger partial charge >= 0.3 is 0 Å². The fraction of sp³-hybridized carbons (Fsp3) is 0.684. The molecule has 2 rings (SSSR count). The molecule has 1 aromatic rings. The van der Waals surface area contributed by atoms with Gasteiger partial charge in [-0.25, -0.2) is 0 Å². The Balaban J connectivity index is 1.82. The van der Waals surface area contributed by atoms with Crippen molar-refractivity contribution < 1.29 is 9.59 Å². The molecule has 0 bridgehead atoms. The first-order valence-corrected chi connectivity index (χ1v) is 10.1. The third-order valence-electron chi connectivity index (χ3n) is 5.03. The molecule has 0 spiro atoms. The summed E-state index contributed by atoms with van der Waals surface area (Å²) >= 11 is 1.38. The summed E-state index contributed by atoms with van der Waals surface area (Å²) in [6.07, 6.45) is 2.45. The fourth-order valence-electron chi connectivity index (χ4n) is 3.25. The fourth-order valence-corrected chi connectivity index (χ4v) is 3.87. The molecule has 1 saturated heterocycles. The third kappa shape index (κ3) is 5.82. The van der Waals surface area contributed by atoms with E-state index in [9.17, 15) is 9.59 Å². The van der Waals surface area contributed by atoms with Gasteiger partial charge in [0.1, 0.15) is 6.04 Å². The molecule has 1 aliphatic heterocycles. The largest absolute Gasteiger partial charge is 0.353 e. The Morgan fingerprint density at radius 3 is 2.52 bits per heavy atom. The highest BCUT2D eigenvalue weighted by Crippen LogP contribution is 2.21. The van der Waals surface area contributed by atoms with Crippen LogP contribution in [-0.2, 0) is 4.79 Å². The molecule has 1 fully saturated rings. The van der Waals surface area contributed by atoms with Crippen molar-refractivity contribution in [2.45, 2.75) is 52.6 Å². The molecule has 0 saturated carbocycles. The lowest BCUT2D eigenvalue weighted by atomic mass is 9.94. The number of hydrogen-bond donors (Lipinski definition) is 2. The van der Waals surface area contributed by atoms with Gasteiger partial charge in [0.15, 0.2) is 0 Å². The van der Waals surface area contributed by atoms with E-state index < -0.39 is 6.04 Å². The van der Waals surface area contributed by atoms with Crippen molar-refractivity contribution in [1.29, 1.82) is 0 Å². The second kappa shape index (κ2) is 9.34. The molecule has 140 valence electrons. The van der Waals surface area contributed by atoms with Crippen molar-refractivity contribution >= 4 is 23.2 Å². The first kappa shape index (κ1) is 19.9. The number of likely N-dealkylation sites (tertiary alicyclic amines) is 1. The third-order valence-corrected chi connectivity index (χ3v) is 5.90. The highest BCUT2D eigenvalue weighted by molar-refractivity contribution is 7.12. The zero-order valence-corrected chi connectivity index (χ0v) is 16.6. The second-order valence-corrected chi connectivity index (χ2v) is 8.40. The van der Waals surface area contributed by atoms with Crippen molar-refractivity contribution in [1.82, 2.24) is 15.5 Å². The summed E-state index contributed by atoms with van der Waals surface area (Å²) in [6, 6.07) is 3.40. The topological polar surface area (TPSA) is 61.4 Å². The number of nitrogens with zero attached hydrogens (tertiary/aromatic N) is 1. The zero-order chi connectivity index (χ0) is 18.4. The van der Waals surface area contributed by atoms with Crippen LogP contribution in [0.2, 0.25) is 0 Å². The highest BCUT2D eigenvalue weighted by Gasteiger charge is 2.26. The molecular formula is C19H31N3O2S. The lowest BCUT2D eigenvalue weighted by molar-refractivity contribution is -0.123. The number of carbonyl (C=O) groups is 2. The summed E-state index contributed by atoms with van der Waals surface area (Å²) in [6.45, 7) is 11.3. The molecular weight excluding hydrogens is 334 g/mol. The van der Waals surface area contributed by atoms with Crippen LogP contribution in [0.4, 0.5) is 0 Å². The molecule has 2 heterocycles. The molecule has 2 amide bonds. The summed E-state index contributed by atoms with van der Waals surface area (Å²) in [7, 11) is 0. The number of hydrogen-bond acceptors (Lipinski definition) is 4. The van der Waals surface area contributed by atoms with E-state index in [-0.39, 0.29) is 11.8 Å². The van der Waals surface area contributed by atoms with Gasteiger partial charge in [-0.2, -0.15) is 0 Å². The molecule has 0 aliphatic carbocycles. The van der Waals surface area contributed by atoms with Crippen LogP contribution in [0.1, 0.15) is 50.2 Å². The van der Waals surface area contributed by atoms with E-state index in [2.05, 4.69) is 36.3 Å². The maximum atomic E-state index is 12.4. The quantitative estimate of drug-likeness (QED) is 0.781. The lowest BCUT2D eigenvalue weighted by Gasteiger charge is -2.39. The summed E-state index contributed by atoms with van der Waals surface area (Å²) in [5, 5.41) is 7.65. The van der Waals surface area contributed by atoms with Crippen LogP contribution in [0.25, 0.3) is 0 Å². The van der Waals surface area contributed by atoms with Crippen LogP contribution in [-0.4, -0.2) is 48.4 Å². The second-order valence-electron chi connectivity index (χ2n) is 7.45. The van der Waals surface area contributed by atoms with Gasteiger partial charge in [0, 0.05) is 12.6 Å². The van der Waals surface area contributed by atoms with Crippen LogP contribution < -0.4 is 10.6 Å². The Labute approximate surface area is 155 Å². The van der Waals surface area contributed by atoms with E-state index in [0.29, 0.717) is 23.4 Å². The summed E-state index contributed by atoms with van der Waals surface area (Å²) < 4.78 is 0. The number of rotatable bonds is 7. The van der Waals surface area contributed by atoms with E-state index in [4.69, 9.17) is 0 Å². The molecule has 5 nitrogen and oxygen atoms in total. The Morgan fingerprint density at radius 2 is 1.96 bits per heavy atom. The Hall–Kier alpha value is -1.40. The van der Waals surface area contributed by atoms with E-state index in [1.165, 1.54) is 24.2 Å². The van der Waals surface area contributed by atoms with Crippen molar-refractivity contribution in [3.05, 3.63) is 22.4 Å². The van der Waals surface area contributed by atoms with Crippen LogP contribution in [0.15, 0.2) is 17.5 Å². The van der Waals surface area contributed by atoms with E-state index in [0.717, 1.165) is 19.0 Å². The summed E-state index contributed by atoms with van der Waals surface area (Å²) in [4.78, 5) is 27.6. The normalized spacial score (nSPS) is 18.8. The van der Waals surface area contributed by atoms with Gasteiger partial charge in [-0.15, -0.1) is 11.3 Å². The van der Waals surface area contributed by atoms with Gasteiger partial charge in [-0.3, -0.25) is 14.5 Å². The first-order valence-electron chi connectivity index (χ1n) is 9.24. The number of amides is 2. The van der Waals surface area contributed by atoms with Crippen molar-refractivity contribution in [3.8, 4) is 0 Å². The Kier molecular flexibility index (Phi) is 7.44. The van der Waals surface area contributed by atoms with E-state index in [1.807, 2.05) is 11.4 Å². The molecule has 1 aromatic heterocycles. The van der Waals surface area contributed by atoms with Crippen molar-refractivity contribution in [3.63, 3.8) is 0 Å². The van der Waals surface area contributed by atoms with Gasteiger partial charge in [-0.05, 0) is 56.1 Å². The van der Waals surface area contributed by atoms with Gasteiger partial charge < -0.3 is 10.6 Å². The number of carbonyl (C=O) groups excluding carboxylic acids is 2. The van der Waals surface area contributed by atoms with E-state index >= 15 is 0 Å². The number of nitrogens with one attached hydrogen (secondary N) is 2. The molecule has 6 heteroatoms. The molecule has 2 unspecified atom stereocenters.